The number of pyridine rings is 2. The number of hydrogen-bond acceptors (Lipinski definition) is 4. The molecule has 0 atom stereocenters. The standard InChI is InChI=1S/C29H24N3O.C18H24GeN.Ir/c1-18-12-17-22-21-8-7-9-23(26(21)33-28(22)30-18)27-31-24-10-5-6-11-25(24)32(27)20-15-13-19(14-16-20)29(2,3)4;1-13(2)16-11-18(15-9-7-14(3)8-10-15)20-12-17(16)19(4,5)6;/h5-8,10-17H,1-4H3;7-9,11-13H,1-6H3;/q2*-1;/i;3D3,13D;. The van der Waals surface area contributed by atoms with Crippen molar-refractivity contribution >= 4 is 50.8 Å². The fourth-order valence-electron chi connectivity index (χ4n) is 6.64. The number of fused-ring (bicyclic) bond motifs is 4. The van der Waals surface area contributed by atoms with Gasteiger partial charge in [-0.2, -0.15) is 0 Å². The molecular weight excluding hydrogens is 901 g/mol. The quantitative estimate of drug-likeness (QED) is 0.127. The van der Waals surface area contributed by atoms with E-state index in [0.29, 0.717) is 5.71 Å². The molecule has 4 heterocycles. The average molecular weight is 954 g/mol. The first-order valence-corrected chi connectivity index (χ1v) is 25.4. The molecule has 0 bridgehead atoms. The molecule has 0 fully saturated rings. The largest absolute Gasteiger partial charge is 0 e. The van der Waals surface area contributed by atoms with Crippen LogP contribution >= 0.6 is 0 Å². The summed E-state index contributed by atoms with van der Waals surface area (Å²) in [5, 5.41) is 2.02. The van der Waals surface area contributed by atoms with Crippen LogP contribution in [-0.2, 0) is 25.5 Å². The number of para-hydroxylation sites is 2. The Morgan fingerprint density at radius 2 is 1.65 bits per heavy atom. The molecule has 8 rings (SSSR count). The fraction of sp³-hybridized carbons (Fsp3) is 0.255. The van der Waals surface area contributed by atoms with E-state index in [0.717, 1.165) is 67.0 Å². The third-order valence-electron chi connectivity index (χ3n) is 9.55. The van der Waals surface area contributed by atoms with Crippen molar-refractivity contribution in [2.75, 3.05) is 0 Å². The van der Waals surface area contributed by atoms with Crippen molar-refractivity contribution in [1.82, 2.24) is 19.5 Å². The predicted octanol–water partition coefficient (Wildman–Crippen LogP) is 11.9. The first kappa shape index (κ1) is 34.2. The van der Waals surface area contributed by atoms with Gasteiger partial charge in [-0.1, -0.05) is 56.0 Å². The van der Waals surface area contributed by atoms with Gasteiger partial charge in [0.15, 0.2) is 0 Å². The molecule has 0 saturated carbocycles. The molecule has 7 heteroatoms. The number of aryl methyl sites for hydroxylation is 2. The maximum Gasteiger partial charge on any atom is 0 e. The Morgan fingerprint density at radius 3 is 2.31 bits per heavy atom. The van der Waals surface area contributed by atoms with Crippen LogP contribution < -0.4 is 4.40 Å². The molecule has 1 radical (unpaired) electrons. The second kappa shape index (κ2) is 15.4. The van der Waals surface area contributed by atoms with Gasteiger partial charge < -0.3 is 8.98 Å². The minimum absolute atomic E-state index is 0. The number of aromatic nitrogens is 4. The van der Waals surface area contributed by atoms with Crippen LogP contribution in [0, 0.1) is 25.9 Å². The molecule has 0 N–H and O–H groups in total. The van der Waals surface area contributed by atoms with E-state index < -0.39 is 26.0 Å². The van der Waals surface area contributed by atoms with Crippen molar-refractivity contribution in [3.63, 3.8) is 0 Å². The van der Waals surface area contributed by atoms with E-state index >= 15 is 0 Å². The van der Waals surface area contributed by atoms with Crippen LogP contribution in [0.2, 0.25) is 17.3 Å². The van der Waals surface area contributed by atoms with Gasteiger partial charge in [0.25, 0.3) is 0 Å². The summed E-state index contributed by atoms with van der Waals surface area (Å²) in [4.78, 5) is 14.2. The Labute approximate surface area is 341 Å². The molecule has 5 nitrogen and oxygen atoms in total. The zero-order chi connectivity index (χ0) is 41.1. The Bertz CT molecular complexity index is 2740. The van der Waals surface area contributed by atoms with Crippen molar-refractivity contribution in [3.8, 4) is 28.3 Å². The molecule has 0 aliphatic rings. The second-order valence-corrected chi connectivity index (χ2v) is 26.5. The van der Waals surface area contributed by atoms with E-state index in [2.05, 4.69) is 101 Å². The van der Waals surface area contributed by atoms with Gasteiger partial charge in [0, 0.05) is 36.9 Å². The van der Waals surface area contributed by atoms with Gasteiger partial charge in [-0.25, -0.2) is 4.98 Å². The van der Waals surface area contributed by atoms with Gasteiger partial charge in [-0.05, 0) is 54.3 Å². The second-order valence-electron chi connectivity index (χ2n) is 15.9. The maximum absolute atomic E-state index is 8.49. The van der Waals surface area contributed by atoms with Gasteiger partial charge in [0.2, 0.25) is 5.71 Å². The minimum atomic E-state index is -2.14. The van der Waals surface area contributed by atoms with Crippen molar-refractivity contribution in [2.45, 2.75) is 77.0 Å². The van der Waals surface area contributed by atoms with Crippen LogP contribution in [0.25, 0.3) is 61.4 Å². The SMILES string of the molecule is Cc1ccc2c(n1)oc1c(-c3nc4ccccc4n3-c3ccc(C(C)(C)C)cc3)[c-]ccc12.[2H]C([2H])([2H])c1c[c-]c(-c2cc(C([2H])(C)C)[c]([Ge]([CH3])([CH3])[CH3])cn2)cc1.[Ir]. The molecule has 0 amide bonds. The summed E-state index contributed by atoms with van der Waals surface area (Å²) in [5.41, 5.74) is 10.4. The number of benzene rings is 4. The van der Waals surface area contributed by atoms with Gasteiger partial charge in [-0.15, -0.1) is 18.2 Å². The smallest absolute Gasteiger partial charge is 0 e. The van der Waals surface area contributed by atoms with Crippen LogP contribution in [0.4, 0.5) is 0 Å². The van der Waals surface area contributed by atoms with Crippen LogP contribution in [0.5, 0.6) is 0 Å². The van der Waals surface area contributed by atoms with Crippen LogP contribution in [0.1, 0.15) is 68.4 Å². The minimum Gasteiger partial charge on any atom is 0 e. The van der Waals surface area contributed by atoms with Crippen molar-refractivity contribution in [3.05, 3.63) is 138 Å². The van der Waals surface area contributed by atoms with Crippen molar-refractivity contribution in [1.29, 1.82) is 0 Å². The summed E-state index contributed by atoms with van der Waals surface area (Å²) >= 11 is -2.14. The number of furan rings is 1. The Balaban J connectivity index is 0.000000203. The molecule has 0 aliphatic carbocycles. The topological polar surface area (TPSA) is 56.7 Å². The molecule has 0 saturated heterocycles. The summed E-state index contributed by atoms with van der Waals surface area (Å²) in [6, 6.07) is 38.3. The zero-order valence-electron chi connectivity index (χ0n) is 36.3. The van der Waals surface area contributed by atoms with Crippen molar-refractivity contribution < 1.29 is 30.0 Å². The Morgan fingerprint density at radius 1 is 0.889 bits per heavy atom. The molecule has 4 aromatic heterocycles. The summed E-state index contributed by atoms with van der Waals surface area (Å²) in [6.07, 6.45) is 1.91. The molecule has 8 aromatic rings. The first-order valence-electron chi connectivity index (χ1n) is 20.0. The van der Waals surface area contributed by atoms with Crippen molar-refractivity contribution in [2.24, 2.45) is 0 Å². The van der Waals surface area contributed by atoms with Gasteiger partial charge in [0.05, 0.1) is 22.4 Å². The maximum atomic E-state index is 8.49. The van der Waals surface area contributed by atoms with E-state index in [-0.39, 0.29) is 31.1 Å². The van der Waals surface area contributed by atoms with E-state index in [1.54, 1.807) is 12.1 Å². The molecular formula is C47H48GeIrN4O-2. The van der Waals surface area contributed by atoms with Gasteiger partial charge >= 0.3 is 131 Å². The number of nitrogens with zero attached hydrogens (tertiary/aromatic N) is 4. The molecule has 277 valence electrons. The van der Waals surface area contributed by atoms with E-state index in [1.165, 1.54) is 16.0 Å². The first-order chi connectivity index (χ1) is 26.7. The fourth-order valence-corrected chi connectivity index (χ4v) is 9.96. The van der Waals surface area contributed by atoms with E-state index in [1.807, 2.05) is 69.4 Å². The summed E-state index contributed by atoms with van der Waals surface area (Å²) in [7, 11) is 0. The normalized spacial score (nSPS) is 13.4. The van der Waals surface area contributed by atoms with Crippen LogP contribution in [0.3, 0.4) is 0 Å². The Kier molecular flexibility index (Phi) is 9.75. The van der Waals surface area contributed by atoms with Crippen LogP contribution in [0.15, 0.2) is 108 Å². The average Bonchev–Trinajstić information content (AvgIpc) is 3.72. The summed E-state index contributed by atoms with van der Waals surface area (Å²) in [5.74, 6) is 6.99. The monoisotopic (exact) mass is 955 g/mol. The zero-order valence-corrected chi connectivity index (χ0v) is 36.8. The molecule has 0 spiro atoms. The Hall–Kier alpha value is -4.36. The number of imidazole rings is 1. The van der Waals surface area contributed by atoms with Gasteiger partial charge in [0.1, 0.15) is 0 Å². The molecule has 0 unspecified atom stereocenters. The van der Waals surface area contributed by atoms with E-state index in [9.17, 15) is 0 Å². The molecule has 0 aliphatic heterocycles. The summed E-state index contributed by atoms with van der Waals surface area (Å²) in [6.45, 7) is 10.3. The number of hydrogen-bond donors (Lipinski definition) is 0. The van der Waals surface area contributed by atoms with Gasteiger partial charge in [-0.3, -0.25) is 4.98 Å². The number of rotatable bonds is 5. The molecule has 54 heavy (non-hydrogen) atoms. The predicted molar refractivity (Wildman–Crippen MR) is 224 cm³/mol. The third-order valence-corrected chi connectivity index (χ3v) is 13.8. The van der Waals surface area contributed by atoms with E-state index in [4.69, 9.17) is 14.9 Å². The van der Waals surface area contributed by atoms with Crippen LogP contribution in [-0.4, -0.2) is 32.8 Å². The molecule has 4 aromatic carbocycles. The third kappa shape index (κ3) is 7.89. The summed E-state index contributed by atoms with van der Waals surface area (Å²) < 4.78 is 40.5.